The summed E-state index contributed by atoms with van der Waals surface area (Å²) in [6.07, 6.45) is 8.26. The van der Waals surface area contributed by atoms with Gasteiger partial charge in [-0.05, 0) is 36.1 Å². The fourth-order valence-electron chi connectivity index (χ4n) is 5.63. The van der Waals surface area contributed by atoms with Crippen molar-refractivity contribution in [3.8, 4) is 0 Å². The van der Waals surface area contributed by atoms with E-state index in [-0.39, 0.29) is 16.6 Å². The van der Waals surface area contributed by atoms with Gasteiger partial charge in [-0.1, -0.05) is 90.8 Å². The van der Waals surface area contributed by atoms with Gasteiger partial charge in [0.2, 0.25) is 0 Å². The summed E-state index contributed by atoms with van der Waals surface area (Å²) in [4.78, 5) is 18.4. The van der Waals surface area contributed by atoms with E-state index in [2.05, 4.69) is 99.9 Å². The summed E-state index contributed by atoms with van der Waals surface area (Å²) in [5, 5.41) is 0. The predicted octanol–water partition coefficient (Wildman–Crippen LogP) is 7.52. The Bertz CT molecular complexity index is 1030. The highest BCUT2D eigenvalue weighted by Crippen LogP contribution is 2.49. The Kier molecular flexibility index (Phi) is 6.75. The molecule has 3 nitrogen and oxygen atoms in total. The first-order valence-corrected chi connectivity index (χ1v) is 13.0. The number of anilines is 2. The molecule has 0 atom stereocenters. The summed E-state index contributed by atoms with van der Waals surface area (Å²) in [5.41, 5.74) is 6.90. The zero-order chi connectivity index (χ0) is 24.5. The molecule has 0 bridgehead atoms. The van der Waals surface area contributed by atoms with Gasteiger partial charge in [-0.15, -0.1) is 0 Å². The quantitative estimate of drug-likeness (QED) is 0.384. The van der Waals surface area contributed by atoms with Crippen molar-refractivity contribution < 1.29 is 4.79 Å². The van der Waals surface area contributed by atoms with Gasteiger partial charge in [0.05, 0.1) is 0 Å². The minimum absolute atomic E-state index is 0.0785. The summed E-state index contributed by atoms with van der Waals surface area (Å²) in [6, 6.07) is 17.2. The summed E-state index contributed by atoms with van der Waals surface area (Å²) in [7, 11) is 0. The van der Waals surface area contributed by atoms with Crippen molar-refractivity contribution in [2.24, 2.45) is 0 Å². The van der Waals surface area contributed by atoms with Crippen LogP contribution in [-0.2, 0) is 15.6 Å². The first-order valence-electron chi connectivity index (χ1n) is 13.0. The molecule has 0 spiro atoms. The van der Waals surface area contributed by atoms with Crippen LogP contribution in [0.1, 0.15) is 78.4 Å². The summed E-state index contributed by atoms with van der Waals surface area (Å²) < 4.78 is 0. The number of hydrogen-bond acceptors (Lipinski definition) is 3. The maximum atomic E-state index is 13.7. The molecule has 0 N–H and O–H groups in total. The topological polar surface area (TPSA) is 23.6 Å². The molecule has 2 aliphatic rings. The lowest BCUT2D eigenvalue weighted by Gasteiger charge is -2.28. The second kappa shape index (κ2) is 9.44. The maximum absolute atomic E-state index is 13.7. The second-order valence-electron chi connectivity index (χ2n) is 10.8. The molecule has 2 aromatic carbocycles. The molecule has 2 heterocycles. The standard InChI is InChI=1S/C31H40N2O/c1-7-9-19-32-26-17-13-11-15-24(26)30(3,4)28(32)21-23(34)22-29-31(5,6)25-16-12-14-18-27(25)33(29)20-10-8-2/h11-18,21-22H,7-10,19-20H2,1-6H3/b28-21-,29-22-. The SMILES string of the molecule is CCCCN1/C(=C\C(=O)/C=C2\N(CCCC)c3ccccc3C2(C)C)C(C)(C)c2ccccc21. The van der Waals surface area contributed by atoms with Gasteiger partial charge in [0.1, 0.15) is 0 Å². The maximum Gasteiger partial charge on any atom is 0.182 e. The Balaban J connectivity index is 1.74. The highest BCUT2D eigenvalue weighted by atomic mass is 16.1. The molecular weight excluding hydrogens is 416 g/mol. The number of nitrogens with zero attached hydrogens (tertiary/aromatic N) is 2. The van der Waals surface area contributed by atoms with E-state index >= 15 is 0 Å². The molecule has 2 aromatic rings. The first kappa shape index (κ1) is 24.3. The molecule has 3 heteroatoms. The fraction of sp³-hybridized carbons (Fsp3) is 0.452. The number of para-hydroxylation sites is 2. The molecule has 0 saturated heterocycles. The molecule has 0 fully saturated rings. The van der Waals surface area contributed by atoms with Crippen LogP contribution in [0.15, 0.2) is 72.1 Å². The summed E-state index contributed by atoms with van der Waals surface area (Å²) >= 11 is 0. The van der Waals surface area contributed by atoms with E-state index in [9.17, 15) is 4.79 Å². The molecular formula is C31H40N2O. The monoisotopic (exact) mass is 456 g/mol. The third kappa shape index (κ3) is 4.10. The lowest BCUT2D eigenvalue weighted by molar-refractivity contribution is -0.110. The fourth-order valence-corrected chi connectivity index (χ4v) is 5.63. The number of unbranched alkanes of at least 4 members (excludes halogenated alkanes) is 2. The number of carbonyl (C=O) groups is 1. The van der Waals surface area contributed by atoms with Gasteiger partial charge in [-0.2, -0.15) is 0 Å². The van der Waals surface area contributed by atoms with E-state index in [1.165, 1.54) is 22.5 Å². The molecule has 0 aromatic heterocycles. The average Bonchev–Trinajstić information content (AvgIpc) is 3.16. The Morgan fingerprint density at radius 2 is 1.09 bits per heavy atom. The zero-order valence-corrected chi connectivity index (χ0v) is 21.8. The number of hydrogen-bond donors (Lipinski definition) is 0. The van der Waals surface area contributed by atoms with Gasteiger partial charge in [0.25, 0.3) is 0 Å². The summed E-state index contributed by atoms with van der Waals surface area (Å²) in [6.45, 7) is 15.3. The van der Waals surface area contributed by atoms with E-state index in [1.54, 1.807) is 0 Å². The Morgan fingerprint density at radius 3 is 1.47 bits per heavy atom. The van der Waals surface area contributed by atoms with Crippen molar-refractivity contribution >= 4 is 17.2 Å². The van der Waals surface area contributed by atoms with Crippen molar-refractivity contribution in [1.82, 2.24) is 0 Å². The van der Waals surface area contributed by atoms with Crippen LogP contribution in [0.25, 0.3) is 0 Å². The highest BCUT2D eigenvalue weighted by Gasteiger charge is 2.42. The Hall–Kier alpha value is -2.81. The largest absolute Gasteiger partial charge is 0.344 e. The number of fused-ring (bicyclic) bond motifs is 2. The third-order valence-corrected chi connectivity index (χ3v) is 7.63. The van der Waals surface area contributed by atoms with Crippen LogP contribution < -0.4 is 9.80 Å². The third-order valence-electron chi connectivity index (χ3n) is 7.63. The van der Waals surface area contributed by atoms with Crippen LogP contribution in [0.5, 0.6) is 0 Å². The van der Waals surface area contributed by atoms with Crippen molar-refractivity contribution in [2.75, 3.05) is 22.9 Å². The molecule has 0 unspecified atom stereocenters. The minimum atomic E-state index is -0.200. The molecule has 4 rings (SSSR count). The molecule has 180 valence electrons. The van der Waals surface area contributed by atoms with Gasteiger partial charge in [0, 0.05) is 58.8 Å². The normalized spacial score (nSPS) is 20.2. The lowest BCUT2D eigenvalue weighted by Crippen LogP contribution is -2.29. The Labute approximate surface area is 206 Å². The van der Waals surface area contributed by atoms with E-state index in [0.717, 1.165) is 50.2 Å². The van der Waals surface area contributed by atoms with Crippen LogP contribution in [0.4, 0.5) is 11.4 Å². The van der Waals surface area contributed by atoms with Crippen LogP contribution in [0.3, 0.4) is 0 Å². The number of benzene rings is 2. The number of ketones is 1. The molecule has 0 amide bonds. The molecule has 0 saturated carbocycles. The van der Waals surface area contributed by atoms with E-state index in [1.807, 2.05) is 12.2 Å². The lowest BCUT2D eigenvalue weighted by atomic mass is 9.82. The number of rotatable bonds is 8. The summed E-state index contributed by atoms with van der Waals surface area (Å²) in [5.74, 6) is 0.0785. The van der Waals surface area contributed by atoms with E-state index < -0.39 is 0 Å². The van der Waals surface area contributed by atoms with Crippen LogP contribution in [0.2, 0.25) is 0 Å². The smallest absolute Gasteiger partial charge is 0.182 e. The van der Waals surface area contributed by atoms with E-state index in [4.69, 9.17) is 0 Å². The van der Waals surface area contributed by atoms with Gasteiger partial charge in [-0.25, -0.2) is 0 Å². The van der Waals surface area contributed by atoms with E-state index in [0.29, 0.717) is 0 Å². The number of carbonyl (C=O) groups excluding carboxylic acids is 1. The zero-order valence-electron chi connectivity index (χ0n) is 21.8. The van der Waals surface area contributed by atoms with Crippen molar-refractivity contribution in [1.29, 1.82) is 0 Å². The number of allylic oxidation sites excluding steroid dienone is 4. The molecule has 0 radical (unpaired) electrons. The molecule has 34 heavy (non-hydrogen) atoms. The highest BCUT2D eigenvalue weighted by molar-refractivity contribution is 6.02. The molecule has 0 aliphatic carbocycles. The minimum Gasteiger partial charge on any atom is -0.344 e. The average molecular weight is 457 g/mol. The first-order chi connectivity index (χ1) is 16.2. The van der Waals surface area contributed by atoms with Crippen LogP contribution >= 0.6 is 0 Å². The van der Waals surface area contributed by atoms with Gasteiger partial charge < -0.3 is 9.80 Å². The Morgan fingerprint density at radius 1 is 0.706 bits per heavy atom. The molecule has 2 aliphatic heterocycles. The van der Waals surface area contributed by atoms with Crippen LogP contribution in [0, 0.1) is 0 Å². The van der Waals surface area contributed by atoms with Crippen molar-refractivity contribution in [3.63, 3.8) is 0 Å². The van der Waals surface area contributed by atoms with Gasteiger partial charge in [0.15, 0.2) is 5.78 Å². The van der Waals surface area contributed by atoms with Crippen molar-refractivity contribution in [2.45, 2.75) is 78.1 Å². The second-order valence-corrected chi connectivity index (χ2v) is 10.8. The van der Waals surface area contributed by atoms with Crippen molar-refractivity contribution in [3.05, 3.63) is 83.2 Å². The van der Waals surface area contributed by atoms with Gasteiger partial charge >= 0.3 is 0 Å². The predicted molar refractivity (Wildman–Crippen MR) is 145 cm³/mol. The van der Waals surface area contributed by atoms with Crippen LogP contribution in [-0.4, -0.2) is 18.9 Å². The van der Waals surface area contributed by atoms with Gasteiger partial charge in [-0.3, -0.25) is 4.79 Å².